The summed E-state index contributed by atoms with van der Waals surface area (Å²) in [6, 6.07) is 4.25. The first kappa shape index (κ1) is 20.7. The molecule has 0 aromatic carbocycles. The number of likely N-dealkylation sites (tertiary alicyclic amines) is 2. The molecule has 28 heavy (non-hydrogen) atoms. The van der Waals surface area contributed by atoms with Crippen LogP contribution in [0.3, 0.4) is 0 Å². The maximum absolute atomic E-state index is 12.0. The topological polar surface area (TPSA) is 70.3 Å². The Hall–Kier alpha value is -2.02. The number of rotatable bonds is 6. The zero-order valence-corrected chi connectivity index (χ0v) is 17.6. The van der Waals surface area contributed by atoms with E-state index in [1.807, 2.05) is 13.0 Å². The second-order valence-electron chi connectivity index (χ2n) is 7.91. The first-order chi connectivity index (χ1) is 13.5. The number of hydrogen-bond acceptors (Lipinski definition) is 5. The Morgan fingerprint density at radius 3 is 2.71 bits per heavy atom. The molecule has 0 spiro atoms. The number of furan rings is 1. The van der Waals surface area contributed by atoms with Crippen LogP contribution in [0.2, 0.25) is 0 Å². The fourth-order valence-corrected chi connectivity index (χ4v) is 4.27. The van der Waals surface area contributed by atoms with Crippen molar-refractivity contribution < 1.29 is 13.9 Å². The third-order valence-electron chi connectivity index (χ3n) is 5.84. The number of esters is 1. The van der Waals surface area contributed by atoms with Crippen molar-refractivity contribution in [2.75, 3.05) is 46.4 Å². The van der Waals surface area contributed by atoms with Crippen molar-refractivity contribution in [3.8, 4) is 0 Å². The monoisotopic (exact) mass is 390 g/mol. The maximum atomic E-state index is 12.0. The summed E-state index contributed by atoms with van der Waals surface area (Å²) in [5.74, 6) is 2.81. The van der Waals surface area contributed by atoms with Crippen LogP contribution >= 0.6 is 0 Å². The van der Waals surface area contributed by atoms with Crippen LogP contribution in [0.1, 0.15) is 44.3 Å². The van der Waals surface area contributed by atoms with Gasteiger partial charge in [0.15, 0.2) is 5.96 Å². The van der Waals surface area contributed by atoms with E-state index in [2.05, 4.69) is 35.0 Å². The smallest absolute Gasteiger partial charge is 0.310 e. The summed E-state index contributed by atoms with van der Waals surface area (Å²) in [5.41, 5.74) is 0. The van der Waals surface area contributed by atoms with E-state index in [-0.39, 0.29) is 23.8 Å². The van der Waals surface area contributed by atoms with Crippen molar-refractivity contribution in [2.45, 2.75) is 39.7 Å². The Morgan fingerprint density at radius 1 is 1.36 bits per heavy atom. The lowest BCUT2D eigenvalue weighted by molar-refractivity contribution is -0.145. The number of aliphatic imine (C=N–C) groups is 1. The van der Waals surface area contributed by atoms with Crippen LogP contribution in [-0.4, -0.2) is 68.1 Å². The molecule has 2 aliphatic heterocycles. The van der Waals surface area contributed by atoms with Gasteiger partial charge in [0.05, 0.1) is 25.6 Å². The van der Waals surface area contributed by atoms with E-state index in [0.29, 0.717) is 13.1 Å². The van der Waals surface area contributed by atoms with Crippen molar-refractivity contribution >= 4 is 11.9 Å². The van der Waals surface area contributed by atoms with Gasteiger partial charge in [-0.1, -0.05) is 6.92 Å². The zero-order valence-electron chi connectivity index (χ0n) is 17.6. The fraction of sp³-hybridized carbons (Fsp3) is 0.714. The van der Waals surface area contributed by atoms with Gasteiger partial charge in [0.25, 0.3) is 0 Å². The molecule has 0 saturated carbocycles. The molecule has 7 heteroatoms. The summed E-state index contributed by atoms with van der Waals surface area (Å²) < 4.78 is 10.9. The highest BCUT2D eigenvalue weighted by Crippen LogP contribution is 2.28. The molecule has 0 amide bonds. The molecule has 3 heterocycles. The quantitative estimate of drug-likeness (QED) is 0.457. The van der Waals surface area contributed by atoms with Crippen LogP contribution in [0.5, 0.6) is 0 Å². The van der Waals surface area contributed by atoms with Gasteiger partial charge < -0.3 is 19.4 Å². The molecule has 0 radical (unpaired) electrons. The molecule has 3 rings (SSSR count). The number of ether oxygens (including phenoxy) is 1. The van der Waals surface area contributed by atoms with Gasteiger partial charge in [-0.3, -0.25) is 14.7 Å². The predicted molar refractivity (Wildman–Crippen MR) is 109 cm³/mol. The lowest BCUT2D eigenvalue weighted by Gasteiger charge is -2.26. The Balaban J connectivity index is 1.75. The average Bonchev–Trinajstić information content (AvgIpc) is 3.42. The van der Waals surface area contributed by atoms with Crippen LogP contribution in [-0.2, 0) is 9.53 Å². The van der Waals surface area contributed by atoms with Gasteiger partial charge in [0.2, 0.25) is 0 Å². The third-order valence-corrected chi connectivity index (χ3v) is 5.84. The molecule has 0 bridgehead atoms. The minimum Gasteiger partial charge on any atom is -0.469 e. The first-order valence-electron chi connectivity index (χ1n) is 10.4. The molecule has 1 N–H and O–H groups in total. The van der Waals surface area contributed by atoms with E-state index in [0.717, 1.165) is 43.7 Å². The van der Waals surface area contributed by atoms with Gasteiger partial charge in [0.1, 0.15) is 11.5 Å². The number of nitrogens with zero attached hydrogens (tertiary/aromatic N) is 3. The van der Waals surface area contributed by atoms with Gasteiger partial charge >= 0.3 is 5.97 Å². The molecular weight excluding hydrogens is 356 g/mol. The Labute approximate surface area is 168 Å². The van der Waals surface area contributed by atoms with Crippen molar-refractivity contribution in [1.29, 1.82) is 0 Å². The second kappa shape index (κ2) is 9.45. The average molecular weight is 391 g/mol. The van der Waals surface area contributed by atoms with Crippen LogP contribution in [0.15, 0.2) is 21.5 Å². The van der Waals surface area contributed by atoms with Gasteiger partial charge in [-0.05, 0) is 57.8 Å². The number of nitrogens with one attached hydrogen (secondary N) is 1. The van der Waals surface area contributed by atoms with Gasteiger partial charge in [0, 0.05) is 19.6 Å². The Morgan fingerprint density at radius 2 is 2.11 bits per heavy atom. The molecule has 3 atom stereocenters. The number of methoxy groups -OCH3 is 1. The largest absolute Gasteiger partial charge is 0.469 e. The number of carbonyl (C=O) groups excluding carboxylic acids is 1. The summed E-state index contributed by atoms with van der Waals surface area (Å²) in [6.45, 7) is 11.2. The highest BCUT2D eigenvalue weighted by molar-refractivity contribution is 5.82. The second-order valence-corrected chi connectivity index (χ2v) is 7.91. The normalized spacial score (nSPS) is 24.6. The van der Waals surface area contributed by atoms with E-state index in [1.54, 1.807) is 0 Å². The molecule has 0 aliphatic carbocycles. The van der Waals surface area contributed by atoms with Crippen molar-refractivity contribution in [2.24, 2.45) is 16.8 Å². The summed E-state index contributed by atoms with van der Waals surface area (Å²) in [4.78, 5) is 21.7. The summed E-state index contributed by atoms with van der Waals surface area (Å²) in [6.07, 6.45) is 2.45. The minimum absolute atomic E-state index is 0.101. The first-order valence-corrected chi connectivity index (χ1v) is 10.4. The molecule has 2 saturated heterocycles. The van der Waals surface area contributed by atoms with Crippen molar-refractivity contribution in [3.05, 3.63) is 23.7 Å². The molecule has 1 aromatic heterocycles. The summed E-state index contributed by atoms with van der Waals surface area (Å²) in [5, 5.41) is 3.40. The number of carbonyl (C=O) groups is 1. The van der Waals surface area contributed by atoms with E-state index in [4.69, 9.17) is 14.1 Å². The Kier molecular flexibility index (Phi) is 6.99. The Bertz CT molecular complexity index is 681. The van der Waals surface area contributed by atoms with Crippen molar-refractivity contribution in [1.82, 2.24) is 15.1 Å². The molecule has 156 valence electrons. The molecule has 2 fully saturated rings. The van der Waals surface area contributed by atoms with Gasteiger partial charge in [-0.15, -0.1) is 0 Å². The number of guanidine groups is 1. The van der Waals surface area contributed by atoms with E-state index >= 15 is 0 Å². The van der Waals surface area contributed by atoms with Gasteiger partial charge in [-0.2, -0.15) is 0 Å². The van der Waals surface area contributed by atoms with Crippen molar-refractivity contribution in [3.63, 3.8) is 0 Å². The van der Waals surface area contributed by atoms with Gasteiger partial charge in [-0.25, -0.2) is 0 Å². The standard InChI is InChI=1S/C21H34N4O3/c1-5-22-21(25-13-15(2)17(14-25)20(26)27-4)23-12-18(24-10-6-7-11-24)19-9-8-16(3)28-19/h8-9,15,17-18H,5-7,10-14H2,1-4H3,(H,22,23). The van der Waals surface area contributed by atoms with Crippen LogP contribution < -0.4 is 5.32 Å². The SMILES string of the molecule is CCNC(=NCC(c1ccc(C)o1)N1CCCC1)N1CC(C)C(C(=O)OC)C1. The predicted octanol–water partition coefficient (Wildman–Crippen LogP) is 2.43. The highest BCUT2D eigenvalue weighted by atomic mass is 16.5. The molecular formula is C21H34N4O3. The summed E-state index contributed by atoms with van der Waals surface area (Å²) >= 11 is 0. The zero-order chi connectivity index (χ0) is 20.1. The van der Waals surface area contributed by atoms with E-state index < -0.39 is 0 Å². The lowest BCUT2D eigenvalue weighted by Crippen LogP contribution is -2.41. The highest BCUT2D eigenvalue weighted by Gasteiger charge is 2.37. The maximum Gasteiger partial charge on any atom is 0.310 e. The van der Waals surface area contributed by atoms with Crippen LogP contribution in [0.4, 0.5) is 0 Å². The number of aryl methyl sites for hydroxylation is 1. The number of hydrogen-bond donors (Lipinski definition) is 1. The molecule has 2 aliphatic rings. The lowest BCUT2D eigenvalue weighted by atomic mass is 9.99. The summed E-state index contributed by atoms with van der Waals surface area (Å²) in [7, 11) is 1.46. The fourth-order valence-electron chi connectivity index (χ4n) is 4.27. The third kappa shape index (κ3) is 4.69. The van der Waals surface area contributed by atoms with E-state index in [9.17, 15) is 4.79 Å². The van der Waals surface area contributed by atoms with Crippen LogP contribution in [0.25, 0.3) is 0 Å². The van der Waals surface area contributed by atoms with E-state index in [1.165, 1.54) is 20.0 Å². The molecule has 7 nitrogen and oxygen atoms in total. The molecule has 1 aromatic rings. The minimum atomic E-state index is -0.133. The molecule has 3 unspecified atom stereocenters. The van der Waals surface area contributed by atoms with Crippen LogP contribution in [0, 0.1) is 18.8 Å².